The van der Waals surface area contributed by atoms with Crippen molar-refractivity contribution >= 4 is 29.9 Å². The van der Waals surface area contributed by atoms with Crippen molar-refractivity contribution in [1.82, 2.24) is 5.32 Å². The molecule has 1 amide bonds. The van der Waals surface area contributed by atoms with Gasteiger partial charge in [0.25, 0.3) is 0 Å². The van der Waals surface area contributed by atoms with Gasteiger partial charge in [-0.1, -0.05) is 23.7 Å². The van der Waals surface area contributed by atoms with Crippen LogP contribution in [0.1, 0.15) is 18.9 Å². The van der Waals surface area contributed by atoms with Crippen LogP contribution in [-0.2, 0) is 11.2 Å². The van der Waals surface area contributed by atoms with Crippen LogP contribution in [0.2, 0.25) is 5.02 Å². The first-order chi connectivity index (χ1) is 7.58. The number of carbonyl (C=O) groups is 1. The van der Waals surface area contributed by atoms with Gasteiger partial charge in [0.15, 0.2) is 0 Å². The summed E-state index contributed by atoms with van der Waals surface area (Å²) < 4.78 is 0. The third-order valence-corrected chi connectivity index (χ3v) is 2.41. The highest BCUT2D eigenvalue weighted by Crippen LogP contribution is 2.09. The first kappa shape index (κ1) is 16.2. The SMILES string of the molecule is CC(N)CC(=O)NCCc1ccc(Cl)cc1.Cl. The van der Waals surface area contributed by atoms with Gasteiger partial charge < -0.3 is 11.1 Å². The molecule has 1 aromatic rings. The van der Waals surface area contributed by atoms with E-state index in [-0.39, 0.29) is 24.4 Å². The van der Waals surface area contributed by atoms with Gasteiger partial charge in [0.2, 0.25) is 5.91 Å². The molecule has 0 bridgehead atoms. The van der Waals surface area contributed by atoms with Crippen LogP contribution >= 0.6 is 24.0 Å². The van der Waals surface area contributed by atoms with Crippen LogP contribution in [-0.4, -0.2) is 18.5 Å². The molecule has 0 saturated heterocycles. The molecular formula is C12H18Cl2N2O. The number of rotatable bonds is 5. The Kier molecular flexibility index (Phi) is 7.96. The van der Waals surface area contributed by atoms with Gasteiger partial charge in [0.05, 0.1) is 0 Å². The number of hydrogen-bond acceptors (Lipinski definition) is 2. The third kappa shape index (κ3) is 7.21. The van der Waals surface area contributed by atoms with Crippen LogP contribution in [0.15, 0.2) is 24.3 Å². The van der Waals surface area contributed by atoms with Crippen molar-refractivity contribution in [2.75, 3.05) is 6.54 Å². The van der Waals surface area contributed by atoms with E-state index in [4.69, 9.17) is 17.3 Å². The number of carbonyl (C=O) groups excluding carboxylic acids is 1. The Morgan fingerprint density at radius 1 is 1.41 bits per heavy atom. The maximum Gasteiger partial charge on any atom is 0.221 e. The number of benzene rings is 1. The Hall–Kier alpha value is -0.770. The molecule has 17 heavy (non-hydrogen) atoms. The summed E-state index contributed by atoms with van der Waals surface area (Å²) in [7, 11) is 0. The summed E-state index contributed by atoms with van der Waals surface area (Å²) in [6.45, 7) is 2.45. The second-order valence-corrected chi connectivity index (χ2v) is 4.34. The highest BCUT2D eigenvalue weighted by atomic mass is 35.5. The molecule has 0 radical (unpaired) electrons. The van der Waals surface area contributed by atoms with Crippen LogP contribution in [0.5, 0.6) is 0 Å². The van der Waals surface area contributed by atoms with Gasteiger partial charge in [-0.25, -0.2) is 0 Å². The largest absolute Gasteiger partial charge is 0.356 e. The quantitative estimate of drug-likeness (QED) is 0.866. The molecule has 0 aromatic heterocycles. The Bertz CT molecular complexity index is 339. The maximum absolute atomic E-state index is 11.3. The number of nitrogens with one attached hydrogen (secondary N) is 1. The minimum atomic E-state index is -0.0875. The topological polar surface area (TPSA) is 55.1 Å². The van der Waals surface area contributed by atoms with E-state index < -0.39 is 0 Å². The summed E-state index contributed by atoms with van der Waals surface area (Å²) in [5, 5.41) is 3.55. The molecule has 1 rings (SSSR count). The molecule has 3 nitrogen and oxygen atoms in total. The summed E-state index contributed by atoms with van der Waals surface area (Å²) in [5.74, 6) is 0.00367. The van der Waals surface area contributed by atoms with Crippen molar-refractivity contribution in [3.63, 3.8) is 0 Å². The van der Waals surface area contributed by atoms with Gasteiger partial charge in [-0.3, -0.25) is 4.79 Å². The zero-order valence-corrected chi connectivity index (χ0v) is 11.4. The van der Waals surface area contributed by atoms with Crippen LogP contribution in [0.3, 0.4) is 0 Å². The molecule has 0 aliphatic heterocycles. The number of amides is 1. The second kappa shape index (κ2) is 8.34. The zero-order valence-electron chi connectivity index (χ0n) is 9.78. The number of hydrogen-bond donors (Lipinski definition) is 2. The summed E-state index contributed by atoms with van der Waals surface area (Å²) >= 11 is 5.77. The fraction of sp³-hybridized carbons (Fsp3) is 0.417. The Balaban J connectivity index is 0.00000256. The minimum absolute atomic E-state index is 0. The van der Waals surface area contributed by atoms with Crippen LogP contribution in [0, 0.1) is 0 Å². The van der Waals surface area contributed by atoms with Crippen molar-refractivity contribution in [2.24, 2.45) is 5.73 Å². The summed E-state index contributed by atoms with van der Waals surface area (Å²) in [5.41, 5.74) is 6.68. The van der Waals surface area contributed by atoms with Gasteiger partial charge in [0.1, 0.15) is 0 Å². The molecule has 0 heterocycles. The van der Waals surface area contributed by atoms with Crippen LogP contribution in [0.4, 0.5) is 0 Å². The molecule has 0 spiro atoms. The van der Waals surface area contributed by atoms with E-state index in [0.29, 0.717) is 13.0 Å². The maximum atomic E-state index is 11.3. The van der Waals surface area contributed by atoms with E-state index in [9.17, 15) is 4.79 Å². The average Bonchev–Trinajstić information content (AvgIpc) is 2.20. The lowest BCUT2D eigenvalue weighted by molar-refractivity contribution is -0.121. The van der Waals surface area contributed by atoms with Crippen molar-refractivity contribution in [2.45, 2.75) is 25.8 Å². The lowest BCUT2D eigenvalue weighted by Gasteiger charge is -2.07. The van der Waals surface area contributed by atoms with Crippen LogP contribution < -0.4 is 11.1 Å². The first-order valence-corrected chi connectivity index (χ1v) is 5.72. The minimum Gasteiger partial charge on any atom is -0.356 e. The van der Waals surface area contributed by atoms with E-state index in [1.54, 1.807) is 0 Å². The highest BCUT2D eigenvalue weighted by Gasteiger charge is 2.03. The lowest BCUT2D eigenvalue weighted by Crippen LogP contribution is -2.31. The van der Waals surface area contributed by atoms with Crippen molar-refractivity contribution < 1.29 is 4.79 Å². The van der Waals surface area contributed by atoms with Gasteiger partial charge in [-0.2, -0.15) is 0 Å². The second-order valence-electron chi connectivity index (χ2n) is 3.91. The molecule has 0 fully saturated rings. The molecule has 3 N–H and O–H groups in total. The Morgan fingerprint density at radius 2 is 2.00 bits per heavy atom. The Labute approximate surface area is 113 Å². The molecule has 0 saturated carbocycles. The van der Waals surface area contributed by atoms with Gasteiger partial charge in [-0.05, 0) is 31.0 Å². The summed E-state index contributed by atoms with van der Waals surface area (Å²) in [6, 6.07) is 7.53. The lowest BCUT2D eigenvalue weighted by atomic mass is 10.1. The highest BCUT2D eigenvalue weighted by molar-refractivity contribution is 6.30. The molecule has 1 aromatic carbocycles. The van der Waals surface area contributed by atoms with Crippen molar-refractivity contribution in [3.8, 4) is 0 Å². The molecule has 0 aliphatic rings. The number of nitrogens with two attached hydrogens (primary N) is 1. The molecule has 0 aliphatic carbocycles. The summed E-state index contributed by atoms with van der Waals surface area (Å²) in [4.78, 5) is 11.3. The molecule has 5 heteroatoms. The standard InChI is InChI=1S/C12H17ClN2O.ClH/c1-9(14)8-12(16)15-7-6-10-2-4-11(13)5-3-10;/h2-5,9H,6-8,14H2,1H3,(H,15,16);1H. The van der Waals surface area contributed by atoms with E-state index in [0.717, 1.165) is 17.0 Å². The Morgan fingerprint density at radius 3 is 2.53 bits per heavy atom. The van der Waals surface area contributed by atoms with Crippen molar-refractivity contribution in [1.29, 1.82) is 0 Å². The van der Waals surface area contributed by atoms with E-state index >= 15 is 0 Å². The summed E-state index contributed by atoms with van der Waals surface area (Å²) in [6.07, 6.45) is 1.18. The average molecular weight is 277 g/mol. The van der Waals surface area contributed by atoms with Crippen molar-refractivity contribution in [3.05, 3.63) is 34.9 Å². The smallest absolute Gasteiger partial charge is 0.221 e. The fourth-order valence-corrected chi connectivity index (χ4v) is 1.49. The third-order valence-electron chi connectivity index (χ3n) is 2.16. The zero-order chi connectivity index (χ0) is 12.0. The number of halogens is 2. The predicted octanol–water partition coefficient (Wildman–Crippen LogP) is 2.16. The van der Waals surface area contributed by atoms with Crippen LogP contribution in [0.25, 0.3) is 0 Å². The molecule has 1 unspecified atom stereocenters. The molecule has 1 atom stereocenters. The molecular weight excluding hydrogens is 259 g/mol. The van der Waals surface area contributed by atoms with E-state index in [1.165, 1.54) is 0 Å². The van der Waals surface area contributed by atoms with E-state index in [1.807, 2.05) is 31.2 Å². The van der Waals surface area contributed by atoms with Gasteiger partial charge in [0, 0.05) is 24.0 Å². The van der Waals surface area contributed by atoms with Gasteiger partial charge in [-0.15, -0.1) is 12.4 Å². The normalized spacial score (nSPS) is 11.5. The van der Waals surface area contributed by atoms with E-state index in [2.05, 4.69) is 5.32 Å². The first-order valence-electron chi connectivity index (χ1n) is 5.34. The molecule has 96 valence electrons. The predicted molar refractivity (Wildman–Crippen MR) is 73.7 cm³/mol. The van der Waals surface area contributed by atoms with Gasteiger partial charge >= 0.3 is 0 Å². The fourth-order valence-electron chi connectivity index (χ4n) is 1.36. The monoisotopic (exact) mass is 276 g/mol.